The molecular weight excluding hydrogens is 330 g/mol. The number of nitrogens with zero attached hydrogens (tertiary/aromatic N) is 2. The highest BCUT2D eigenvalue weighted by atomic mass is 35.5. The Balaban J connectivity index is 1.65. The summed E-state index contributed by atoms with van der Waals surface area (Å²) in [6, 6.07) is 13.3. The van der Waals surface area contributed by atoms with E-state index in [-0.39, 0.29) is 10.7 Å². The zero-order chi connectivity index (χ0) is 17.1. The second kappa shape index (κ2) is 6.72. The maximum Gasteiger partial charge on any atom is 0.360 e. The summed E-state index contributed by atoms with van der Waals surface area (Å²) < 4.78 is 6.35. The number of carbonyl (C=O) groups excluding carboxylic acids is 2. The van der Waals surface area contributed by atoms with Crippen molar-refractivity contribution >= 4 is 39.9 Å². The lowest BCUT2D eigenvalue weighted by molar-refractivity contribution is -0.119. The fourth-order valence-corrected chi connectivity index (χ4v) is 2.57. The molecule has 0 unspecified atom stereocenters. The van der Waals surface area contributed by atoms with E-state index in [1.165, 1.54) is 10.9 Å². The second-order valence-electron chi connectivity index (χ2n) is 5.15. The number of halogens is 1. The molecule has 0 saturated carbocycles. The third kappa shape index (κ3) is 3.38. The molecule has 1 heterocycles. The number of nitrogens with one attached hydrogen (secondary N) is 1. The third-order valence-corrected chi connectivity index (χ3v) is 3.65. The number of fused-ring (bicyclic) bond motifs is 1. The van der Waals surface area contributed by atoms with Gasteiger partial charge in [-0.1, -0.05) is 48.0 Å². The van der Waals surface area contributed by atoms with Crippen molar-refractivity contribution < 1.29 is 14.3 Å². The Morgan fingerprint density at radius 2 is 1.96 bits per heavy atom. The normalized spacial score (nSPS) is 10.6. The molecule has 7 heteroatoms. The molecule has 3 rings (SSSR count). The Morgan fingerprint density at radius 1 is 1.21 bits per heavy atom. The molecular formula is C17H14ClN3O3. The van der Waals surface area contributed by atoms with Gasteiger partial charge in [-0.05, 0) is 11.5 Å². The van der Waals surface area contributed by atoms with Crippen LogP contribution in [0, 0.1) is 0 Å². The minimum Gasteiger partial charge on any atom is -0.451 e. The van der Waals surface area contributed by atoms with Crippen molar-refractivity contribution in [1.29, 1.82) is 0 Å². The van der Waals surface area contributed by atoms with E-state index in [9.17, 15) is 9.59 Å². The molecule has 0 aliphatic carbocycles. The first-order valence-corrected chi connectivity index (χ1v) is 7.56. The molecule has 3 aromatic rings. The van der Waals surface area contributed by atoms with Crippen LogP contribution in [0.3, 0.4) is 0 Å². The van der Waals surface area contributed by atoms with Gasteiger partial charge in [-0.15, -0.1) is 0 Å². The number of hydrogen-bond acceptors (Lipinski definition) is 4. The van der Waals surface area contributed by atoms with Gasteiger partial charge in [0.15, 0.2) is 12.3 Å². The summed E-state index contributed by atoms with van der Waals surface area (Å²) in [7, 11) is 1.63. The van der Waals surface area contributed by atoms with Gasteiger partial charge in [0.25, 0.3) is 5.91 Å². The summed E-state index contributed by atoms with van der Waals surface area (Å²) in [5.41, 5.74) is 0.641. The predicted molar refractivity (Wildman–Crippen MR) is 91.1 cm³/mol. The average molecular weight is 344 g/mol. The Bertz CT molecular complexity index is 915. The van der Waals surface area contributed by atoms with Crippen LogP contribution in [0.25, 0.3) is 10.8 Å². The molecule has 0 atom stereocenters. The monoisotopic (exact) mass is 343 g/mol. The van der Waals surface area contributed by atoms with E-state index in [2.05, 4.69) is 10.4 Å². The fourth-order valence-electron chi connectivity index (χ4n) is 2.32. The number of benzene rings is 2. The number of amides is 1. The number of ether oxygens (including phenoxy) is 1. The molecule has 0 radical (unpaired) electrons. The number of carbonyl (C=O) groups is 2. The maximum atomic E-state index is 12.0. The smallest absolute Gasteiger partial charge is 0.360 e. The van der Waals surface area contributed by atoms with Crippen LogP contribution in [0.15, 0.2) is 48.7 Å². The number of aryl methyl sites for hydroxylation is 1. The van der Waals surface area contributed by atoms with Gasteiger partial charge in [0.05, 0.1) is 5.02 Å². The molecule has 2 aromatic carbocycles. The van der Waals surface area contributed by atoms with Crippen LogP contribution in [0.4, 0.5) is 5.69 Å². The van der Waals surface area contributed by atoms with E-state index in [1.807, 2.05) is 36.4 Å². The lowest BCUT2D eigenvalue weighted by atomic mass is 10.1. The largest absolute Gasteiger partial charge is 0.451 e. The van der Waals surface area contributed by atoms with Crippen LogP contribution in [0.1, 0.15) is 10.5 Å². The number of aromatic nitrogens is 2. The van der Waals surface area contributed by atoms with Gasteiger partial charge in [-0.2, -0.15) is 5.10 Å². The average Bonchev–Trinajstić information content (AvgIpc) is 2.91. The zero-order valence-corrected chi connectivity index (χ0v) is 13.6. The molecule has 0 aliphatic rings. The van der Waals surface area contributed by atoms with E-state index in [4.69, 9.17) is 16.3 Å². The van der Waals surface area contributed by atoms with Crippen molar-refractivity contribution in [3.8, 4) is 0 Å². The molecule has 24 heavy (non-hydrogen) atoms. The quantitative estimate of drug-likeness (QED) is 0.739. The van der Waals surface area contributed by atoms with Crippen LogP contribution in [0.2, 0.25) is 5.02 Å². The molecule has 0 saturated heterocycles. The molecule has 122 valence electrons. The number of anilines is 1. The minimum atomic E-state index is -0.742. The second-order valence-corrected chi connectivity index (χ2v) is 5.56. The summed E-state index contributed by atoms with van der Waals surface area (Å²) in [5, 5.41) is 8.72. The van der Waals surface area contributed by atoms with Crippen LogP contribution in [-0.2, 0) is 16.6 Å². The summed E-state index contributed by atoms with van der Waals surface area (Å²) in [4.78, 5) is 23.9. The molecule has 1 amide bonds. The van der Waals surface area contributed by atoms with Gasteiger partial charge in [0.1, 0.15) is 0 Å². The number of rotatable bonds is 4. The molecule has 0 spiro atoms. The number of esters is 1. The van der Waals surface area contributed by atoms with E-state index in [1.54, 1.807) is 13.1 Å². The zero-order valence-electron chi connectivity index (χ0n) is 12.8. The lowest BCUT2D eigenvalue weighted by Crippen LogP contribution is -2.21. The summed E-state index contributed by atoms with van der Waals surface area (Å²) in [5.74, 6) is -1.18. The van der Waals surface area contributed by atoms with Gasteiger partial charge in [-0.3, -0.25) is 9.48 Å². The Kier molecular flexibility index (Phi) is 4.48. The van der Waals surface area contributed by atoms with Crippen molar-refractivity contribution in [1.82, 2.24) is 9.78 Å². The van der Waals surface area contributed by atoms with Gasteiger partial charge in [0.2, 0.25) is 0 Å². The van der Waals surface area contributed by atoms with Gasteiger partial charge in [0, 0.05) is 24.3 Å². The van der Waals surface area contributed by atoms with E-state index in [0.29, 0.717) is 5.69 Å². The Morgan fingerprint density at radius 3 is 2.71 bits per heavy atom. The topological polar surface area (TPSA) is 73.2 Å². The van der Waals surface area contributed by atoms with Gasteiger partial charge in [-0.25, -0.2) is 4.79 Å². The highest BCUT2D eigenvalue weighted by molar-refractivity contribution is 6.33. The molecule has 0 bridgehead atoms. The lowest BCUT2D eigenvalue weighted by Gasteiger charge is -2.09. The molecule has 0 fully saturated rings. The van der Waals surface area contributed by atoms with Crippen molar-refractivity contribution in [3.05, 3.63) is 59.4 Å². The van der Waals surface area contributed by atoms with Gasteiger partial charge < -0.3 is 10.1 Å². The Hall–Kier alpha value is -2.86. The van der Waals surface area contributed by atoms with E-state index < -0.39 is 18.5 Å². The predicted octanol–water partition coefficient (Wildman–Crippen LogP) is 3.02. The van der Waals surface area contributed by atoms with Crippen LogP contribution in [0.5, 0.6) is 0 Å². The highest BCUT2D eigenvalue weighted by Gasteiger charge is 2.17. The van der Waals surface area contributed by atoms with Crippen molar-refractivity contribution in [2.24, 2.45) is 7.05 Å². The van der Waals surface area contributed by atoms with E-state index >= 15 is 0 Å². The van der Waals surface area contributed by atoms with Gasteiger partial charge >= 0.3 is 5.97 Å². The molecule has 0 aliphatic heterocycles. The summed E-state index contributed by atoms with van der Waals surface area (Å²) in [6.45, 7) is -0.422. The highest BCUT2D eigenvalue weighted by Crippen LogP contribution is 2.22. The summed E-state index contributed by atoms with van der Waals surface area (Å²) >= 11 is 5.87. The van der Waals surface area contributed by atoms with Crippen LogP contribution < -0.4 is 5.32 Å². The van der Waals surface area contributed by atoms with Crippen LogP contribution >= 0.6 is 11.6 Å². The third-order valence-electron chi connectivity index (χ3n) is 3.38. The Labute approximate surface area is 143 Å². The maximum absolute atomic E-state index is 12.0. The minimum absolute atomic E-state index is 0.0165. The first-order valence-electron chi connectivity index (χ1n) is 7.18. The van der Waals surface area contributed by atoms with Crippen molar-refractivity contribution in [2.75, 3.05) is 11.9 Å². The first kappa shape index (κ1) is 16.0. The van der Waals surface area contributed by atoms with Crippen molar-refractivity contribution in [2.45, 2.75) is 0 Å². The number of hydrogen-bond donors (Lipinski definition) is 1. The first-order chi connectivity index (χ1) is 11.5. The summed E-state index contributed by atoms with van der Waals surface area (Å²) in [6.07, 6.45) is 1.48. The standard InChI is InChI=1S/C17H14ClN3O3/c1-21-9-13(18)16(20-21)17(23)24-10-15(22)19-14-8-4-6-11-5-2-3-7-12(11)14/h2-9H,10H2,1H3,(H,19,22). The van der Waals surface area contributed by atoms with Crippen molar-refractivity contribution in [3.63, 3.8) is 0 Å². The SMILES string of the molecule is Cn1cc(Cl)c(C(=O)OCC(=O)Nc2cccc3ccccc23)n1. The molecule has 1 aromatic heterocycles. The fraction of sp³-hybridized carbons (Fsp3) is 0.118. The molecule has 1 N–H and O–H groups in total. The van der Waals surface area contributed by atoms with E-state index in [0.717, 1.165) is 10.8 Å². The van der Waals surface area contributed by atoms with Crippen LogP contribution in [-0.4, -0.2) is 28.3 Å². The molecule has 6 nitrogen and oxygen atoms in total.